The van der Waals surface area contributed by atoms with Gasteiger partial charge in [-0.15, -0.1) is 0 Å². The van der Waals surface area contributed by atoms with Crippen LogP contribution in [0, 0.1) is 0 Å². The van der Waals surface area contributed by atoms with Crippen LogP contribution in [0.25, 0.3) is 11.1 Å². The Balaban J connectivity index is 2.27. The van der Waals surface area contributed by atoms with Crippen molar-refractivity contribution in [2.45, 2.75) is 46.1 Å². The number of nitrogens with one attached hydrogen (secondary N) is 1. The molecule has 0 saturated heterocycles. The molecule has 1 N–H and O–H groups in total. The van der Waals surface area contributed by atoms with E-state index in [1.165, 1.54) is 5.56 Å². The van der Waals surface area contributed by atoms with Gasteiger partial charge in [-0.1, -0.05) is 26.8 Å². The molecule has 1 heterocycles. The molecule has 1 aromatic heterocycles. The standard InChI is InChI=1S/C15H22N2O/c1-4-12(5-2)15-17-13-9-11(10-16-6-3)7-8-14(13)18-15/h7-9,12,16H,4-6,10H2,1-3H3. The number of oxazole rings is 1. The average molecular weight is 246 g/mol. The van der Waals surface area contributed by atoms with Crippen molar-refractivity contribution in [1.29, 1.82) is 0 Å². The Hall–Kier alpha value is -1.35. The van der Waals surface area contributed by atoms with E-state index in [9.17, 15) is 0 Å². The van der Waals surface area contributed by atoms with E-state index in [0.717, 1.165) is 42.9 Å². The van der Waals surface area contributed by atoms with Crippen molar-refractivity contribution in [2.24, 2.45) is 0 Å². The minimum absolute atomic E-state index is 0.439. The molecular formula is C15H22N2O. The zero-order chi connectivity index (χ0) is 13.0. The van der Waals surface area contributed by atoms with Crippen LogP contribution in [0.5, 0.6) is 0 Å². The van der Waals surface area contributed by atoms with E-state index in [2.05, 4.69) is 43.2 Å². The summed E-state index contributed by atoms with van der Waals surface area (Å²) in [6.07, 6.45) is 2.15. The van der Waals surface area contributed by atoms with Crippen molar-refractivity contribution in [3.63, 3.8) is 0 Å². The lowest BCUT2D eigenvalue weighted by Crippen LogP contribution is -2.11. The maximum atomic E-state index is 5.84. The molecule has 18 heavy (non-hydrogen) atoms. The Labute approximate surface area is 109 Å². The molecule has 0 amide bonds. The third kappa shape index (κ3) is 2.72. The van der Waals surface area contributed by atoms with Crippen molar-refractivity contribution in [1.82, 2.24) is 10.3 Å². The van der Waals surface area contributed by atoms with Crippen LogP contribution < -0.4 is 5.32 Å². The molecule has 0 unspecified atom stereocenters. The van der Waals surface area contributed by atoms with E-state index in [4.69, 9.17) is 4.42 Å². The monoisotopic (exact) mass is 246 g/mol. The fourth-order valence-electron chi connectivity index (χ4n) is 2.18. The Morgan fingerprint density at radius 3 is 2.67 bits per heavy atom. The molecule has 0 radical (unpaired) electrons. The lowest BCUT2D eigenvalue weighted by atomic mass is 10.0. The molecule has 1 aromatic carbocycles. The lowest BCUT2D eigenvalue weighted by Gasteiger charge is -2.05. The van der Waals surface area contributed by atoms with E-state index < -0.39 is 0 Å². The van der Waals surface area contributed by atoms with Crippen LogP contribution in [-0.4, -0.2) is 11.5 Å². The number of fused-ring (bicyclic) bond motifs is 1. The van der Waals surface area contributed by atoms with Crippen LogP contribution in [0.15, 0.2) is 22.6 Å². The fourth-order valence-corrected chi connectivity index (χ4v) is 2.18. The van der Waals surface area contributed by atoms with Crippen molar-refractivity contribution in [2.75, 3.05) is 6.54 Å². The summed E-state index contributed by atoms with van der Waals surface area (Å²) in [5, 5.41) is 3.32. The van der Waals surface area contributed by atoms with Gasteiger partial charge in [0.1, 0.15) is 5.52 Å². The van der Waals surface area contributed by atoms with Crippen LogP contribution in [0.2, 0.25) is 0 Å². The summed E-state index contributed by atoms with van der Waals surface area (Å²) >= 11 is 0. The molecule has 3 nitrogen and oxygen atoms in total. The summed E-state index contributed by atoms with van der Waals surface area (Å²) in [5.41, 5.74) is 3.14. The molecule has 0 aliphatic rings. The third-order valence-corrected chi connectivity index (χ3v) is 3.38. The van der Waals surface area contributed by atoms with Crippen LogP contribution in [0.4, 0.5) is 0 Å². The Kier molecular flexibility index (Phi) is 4.37. The molecule has 2 rings (SSSR count). The molecule has 0 spiro atoms. The number of nitrogens with zero attached hydrogens (tertiary/aromatic N) is 1. The Bertz CT molecular complexity index is 500. The van der Waals surface area contributed by atoms with E-state index in [1.54, 1.807) is 0 Å². The van der Waals surface area contributed by atoms with Crippen molar-refractivity contribution < 1.29 is 4.42 Å². The van der Waals surface area contributed by atoms with Gasteiger partial charge in [-0.25, -0.2) is 4.98 Å². The Morgan fingerprint density at radius 2 is 2.00 bits per heavy atom. The van der Waals surface area contributed by atoms with E-state index in [0.29, 0.717) is 5.92 Å². The van der Waals surface area contributed by atoms with Gasteiger partial charge in [0.25, 0.3) is 0 Å². The predicted molar refractivity (Wildman–Crippen MR) is 74.7 cm³/mol. The molecule has 0 saturated carbocycles. The second kappa shape index (κ2) is 6.01. The molecule has 98 valence electrons. The highest BCUT2D eigenvalue weighted by molar-refractivity contribution is 5.73. The van der Waals surface area contributed by atoms with Crippen molar-refractivity contribution >= 4 is 11.1 Å². The first kappa shape index (κ1) is 13.1. The van der Waals surface area contributed by atoms with Gasteiger partial charge in [-0.05, 0) is 37.1 Å². The lowest BCUT2D eigenvalue weighted by molar-refractivity contribution is 0.453. The quantitative estimate of drug-likeness (QED) is 0.841. The third-order valence-electron chi connectivity index (χ3n) is 3.38. The van der Waals surface area contributed by atoms with Gasteiger partial charge in [-0.2, -0.15) is 0 Å². The van der Waals surface area contributed by atoms with E-state index >= 15 is 0 Å². The summed E-state index contributed by atoms with van der Waals surface area (Å²) < 4.78 is 5.84. The van der Waals surface area contributed by atoms with Crippen LogP contribution in [-0.2, 0) is 6.54 Å². The van der Waals surface area contributed by atoms with Crippen LogP contribution in [0.3, 0.4) is 0 Å². The number of rotatable bonds is 6. The summed E-state index contributed by atoms with van der Waals surface area (Å²) in [6.45, 7) is 8.34. The number of aromatic nitrogens is 1. The molecule has 0 aliphatic carbocycles. The minimum atomic E-state index is 0.439. The second-order valence-corrected chi connectivity index (χ2v) is 4.65. The highest BCUT2D eigenvalue weighted by Gasteiger charge is 2.14. The van der Waals surface area contributed by atoms with Gasteiger partial charge in [0.05, 0.1) is 0 Å². The summed E-state index contributed by atoms with van der Waals surface area (Å²) in [7, 11) is 0. The van der Waals surface area contributed by atoms with Gasteiger partial charge in [-0.3, -0.25) is 0 Å². The summed E-state index contributed by atoms with van der Waals surface area (Å²) in [5.74, 6) is 1.32. The zero-order valence-electron chi connectivity index (χ0n) is 11.5. The number of hydrogen-bond acceptors (Lipinski definition) is 3. The molecule has 2 aromatic rings. The van der Waals surface area contributed by atoms with Gasteiger partial charge >= 0.3 is 0 Å². The summed E-state index contributed by atoms with van der Waals surface area (Å²) in [4.78, 5) is 4.63. The molecule has 0 atom stereocenters. The molecule has 3 heteroatoms. The maximum absolute atomic E-state index is 5.84. The molecular weight excluding hydrogens is 224 g/mol. The van der Waals surface area contributed by atoms with Crippen LogP contribution >= 0.6 is 0 Å². The molecule has 0 fully saturated rings. The SMILES string of the molecule is CCNCc1ccc2oc(C(CC)CC)nc2c1. The van der Waals surface area contributed by atoms with Gasteiger partial charge in [0.15, 0.2) is 11.5 Å². The number of hydrogen-bond donors (Lipinski definition) is 1. The maximum Gasteiger partial charge on any atom is 0.198 e. The van der Waals surface area contributed by atoms with Crippen molar-refractivity contribution in [3.05, 3.63) is 29.7 Å². The largest absolute Gasteiger partial charge is 0.440 e. The van der Waals surface area contributed by atoms with Gasteiger partial charge in [0.2, 0.25) is 0 Å². The zero-order valence-corrected chi connectivity index (χ0v) is 11.5. The molecule has 0 bridgehead atoms. The topological polar surface area (TPSA) is 38.1 Å². The van der Waals surface area contributed by atoms with E-state index in [1.807, 2.05) is 6.07 Å². The van der Waals surface area contributed by atoms with Gasteiger partial charge in [0, 0.05) is 12.5 Å². The highest BCUT2D eigenvalue weighted by Crippen LogP contribution is 2.26. The first-order chi connectivity index (χ1) is 8.78. The fraction of sp³-hybridized carbons (Fsp3) is 0.533. The van der Waals surface area contributed by atoms with Gasteiger partial charge < -0.3 is 9.73 Å². The van der Waals surface area contributed by atoms with E-state index in [-0.39, 0.29) is 0 Å². The smallest absolute Gasteiger partial charge is 0.198 e. The number of benzene rings is 1. The van der Waals surface area contributed by atoms with Crippen LogP contribution in [0.1, 0.15) is 51.0 Å². The van der Waals surface area contributed by atoms with Crippen molar-refractivity contribution in [3.8, 4) is 0 Å². The minimum Gasteiger partial charge on any atom is -0.440 e. The average Bonchev–Trinajstić information content (AvgIpc) is 2.80. The normalized spacial score (nSPS) is 11.6. The predicted octanol–water partition coefficient (Wildman–Crippen LogP) is 3.84. The molecule has 0 aliphatic heterocycles. The first-order valence-electron chi connectivity index (χ1n) is 6.88. The Morgan fingerprint density at radius 1 is 1.22 bits per heavy atom. The first-order valence-corrected chi connectivity index (χ1v) is 6.88. The summed E-state index contributed by atoms with van der Waals surface area (Å²) in [6, 6.07) is 6.25. The highest BCUT2D eigenvalue weighted by atomic mass is 16.3. The second-order valence-electron chi connectivity index (χ2n) is 4.65.